The fourth-order valence-electron chi connectivity index (χ4n) is 2.80. The van der Waals surface area contributed by atoms with Crippen LogP contribution in [-0.4, -0.2) is 45.3 Å². The molecule has 1 saturated heterocycles. The van der Waals surface area contributed by atoms with E-state index in [1.807, 2.05) is 47.8 Å². The maximum Gasteiger partial charge on any atom is 0.224 e. The van der Waals surface area contributed by atoms with Crippen molar-refractivity contribution in [1.82, 2.24) is 19.7 Å². The Morgan fingerprint density at radius 1 is 1.35 bits per heavy atom. The van der Waals surface area contributed by atoms with Crippen molar-refractivity contribution in [2.45, 2.75) is 32.9 Å². The van der Waals surface area contributed by atoms with Crippen molar-refractivity contribution in [3.8, 4) is 0 Å². The zero-order valence-corrected chi connectivity index (χ0v) is 13.6. The van der Waals surface area contributed by atoms with Crippen molar-refractivity contribution in [2.75, 3.05) is 19.7 Å². The molecule has 3 rings (SSSR count). The highest BCUT2D eigenvalue weighted by Gasteiger charge is 2.25. The molecule has 122 valence electrons. The van der Waals surface area contributed by atoms with Crippen LogP contribution in [0.3, 0.4) is 0 Å². The van der Waals surface area contributed by atoms with Gasteiger partial charge in [0.15, 0.2) is 0 Å². The van der Waals surface area contributed by atoms with Crippen molar-refractivity contribution in [1.29, 1.82) is 0 Å². The lowest BCUT2D eigenvalue weighted by Crippen LogP contribution is -2.42. The van der Waals surface area contributed by atoms with Crippen LogP contribution in [0.25, 0.3) is 0 Å². The molecular formula is C17H22N4O2. The van der Waals surface area contributed by atoms with Gasteiger partial charge in [0.1, 0.15) is 6.10 Å². The van der Waals surface area contributed by atoms with Gasteiger partial charge in [-0.15, -0.1) is 0 Å². The van der Waals surface area contributed by atoms with E-state index in [0.29, 0.717) is 32.7 Å². The smallest absolute Gasteiger partial charge is 0.224 e. The van der Waals surface area contributed by atoms with E-state index in [4.69, 9.17) is 4.74 Å². The Morgan fingerprint density at radius 2 is 2.22 bits per heavy atom. The van der Waals surface area contributed by atoms with E-state index in [1.165, 1.54) is 0 Å². The van der Waals surface area contributed by atoms with Crippen LogP contribution in [-0.2, 0) is 16.1 Å². The molecule has 6 heteroatoms. The summed E-state index contributed by atoms with van der Waals surface area (Å²) in [4.78, 5) is 18.5. The largest absolute Gasteiger partial charge is 0.370 e. The first-order valence-electron chi connectivity index (χ1n) is 7.94. The van der Waals surface area contributed by atoms with E-state index in [0.717, 1.165) is 17.0 Å². The third kappa shape index (κ3) is 3.96. The SMILES string of the molecule is Cc1cc([C@@H]2CN(C(=O)CCn3ccc(C)n3)CCO2)ccn1. The van der Waals surface area contributed by atoms with Crippen molar-refractivity contribution in [3.05, 3.63) is 47.5 Å². The summed E-state index contributed by atoms with van der Waals surface area (Å²) < 4.78 is 7.64. The highest BCUT2D eigenvalue weighted by atomic mass is 16.5. The number of hydrogen-bond donors (Lipinski definition) is 0. The number of morpholine rings is 1. The van der Waals surface area contributed by atoms with Crippen LogP contribution in [0.5, 0.6) is 0 Å². The fourth-order valence-corrected chi connectivity index (χ4v) is 2.80. The zero-order valence-electron chi connectivity index (χ0n) is 13.6. The van der Waals surface area contributed by atoms with Gasteiger partial charge in [0.25, 0.3) is 0 Å². The molecule has 0 N–H and O–H groups in total. The number of ether oxygens (including phenoxy) is 1. The second-order valence-electron chi connectivity index (χ2n) is 5.90. The number of aromatic nitrogens is 3. The molecule has 0 unspecified atom stereocenters. The molecule has 23 heavy (non-hydrogen) atoms. The summed E-state index contributed by atoms with van der Waals surface area (Å²) in [6.07, 6.45) is 4.09. The lowest BCUT2D eigenvalue weighted by molar-refractivity contribution is -0.139. The average Bonchev–Trinajstić information content (AvgIpc) is 2.98. The molecule has 1 aliphatic rings. The van der Waals surface area contributed by atoms with Crippen molar-refractivity contribution in [2.24, 2.45) is 0 Å². The van der Waals surface area contributed by atoms with Crippen LogP contribution in [0, 0.1) is 13.8 Å². The number of amides is 1. The van der Waals surface area contributed by atoms with E-state index >= 15 is 0 Å². The number of aryl methyl sites for hydroxylation is 3. The van der Waals surface area contributed by atoms with E-state index in [2.05, 4.69) is 10.1 Å². The molecule has 0 radical (unpaired) electrons. The number of hydrogen-bond acceptors (Lipinski definition) is 4. The van der Waals surface area contributed by atoms with E-state index in [9.17, 15) is 4.79 Å². The average molecular weight is 314 g/mol. The van der Waals surface area contributed by atoms with Crippen LogP contribution in [0.1, 0.15) is 29.5 Å². The highest BCUT2D eigenvalue weighted by molar-refractivity contribution is 5.76. The molecule has 2 aromatic heterocycles. The summed E-state index contributed by atoms with van der Waals surface area (Å²) in [6.45, 7) is 6.34. The summed E-state index contributed by atoms with van der Waals surface area (Å²) in [5.41, 5.74) is 3.01. The quantitative estimate of drug-likeness (QED) is 0.864. The van der Waals surface area contributed by atoms with Crippen LogP contribution in [0.2, 0.25) is 0 Å². The Labute approximate surface area is 136 Å². The predicted octanol–water partition coefficient (Wildman–Crippen LogP) is 1.89. The normalized spacial score (nSPS) is 18.2. The Bertz CT molecular complexity index is 683. The van der Waals surface area contributed by atoms with E-state index < -0.39 is 0 Å². The van der Waals surface area contributed by atoms with Crippen LogP contribution < -0.4 is 0 Å². The third-order valence-electron chi connectivity index (χ3n) is 4.04. The summed E-state index contributed by atoms with van der Waals surface area (Å²) in [6, 6.07) is 5.92. The predicted molar refractivity (Wildman–Crippen MR) is 85.8 cm³/mol. The number of rotatable bonds is 4. The number of nitrogens with zero attached hydrogens (tertiary/aromatic N) is 4. The van der Waals surface area contributed by atoms with Crippen molar-refractivity contribution in [3.63, 3.8) is 0 Å². The Hall–Kier alpha value is -2.21. The topological polar surface area (TPSA) is 60.2 Å². The highest BCUT2D eigenvalue weighted by Crippen LogP contribution is 2.22. The van der Waals surface area contributed by atoms with Crippen molar-refractivity contribution >= 4 is 5.91 Å². The van der Waals surface area contributed by atoms with Crippen LogP contribution in [0.15, 0.2) is 30.6 Å². The third-order valence-corrected chi connectivity index (χ3v) is 4.04. The molecule has 0 aromatic carbocycles. The van der Waals surface area contributed by atoms with Crippen LogP contribution in [0.4, 0.5) is 0 Å². The summed E-state index contributed by atoms with van der Waals surface area (Å²) in [7, 11) is 0. The number of carbonyl (C=O) groups excluding carboxylic acids is 1. The minimum atomic E-state index is -0.0682. The molecule has 6 nitrogen and oxygen atoms in total. The molecule has 2 aromatic rings. The second-order valence-corrected chi connectivity index (χ2v) is 5.90. The Balaban J connectivity index is 1.58. The molecular weight excluding hydrogens is 292 g/mol. The molecule has 1 fully saturated rings. The maximum absolute atomic E-state index is 12.4. The lowest BCUT2D eigenvalue weighted by atomic mass is 10.1. The molecule has 0 bridgehead atoms. The van der Waals surface area contributed by atoms with Gasteiger partial charge in [-0.2, -0.15) is 5.10 Å². The first-order valence-corrected chi connectivity index (χ1v) is 7.94. The van der Waals surface area contributed by atoms with Gasteiger partial charge in [-0.1, -0.05) is 0 Å². The van der Waals surface area contributed by atoms with Gasteiger partial charge < -0.3 is 9.64 Å². The second kappa shape index (κ2) is 6.91. The minimum absolute atomic E-state index is 0.0682. The van der Waals surface area contributed by atoms with Gasteiger partial charge in [0, 0.05) is 37.6 Å². The summed E-state index contributed by atoms with van der Waals surface area (Å²) in [5.74, 6) is 0.150. The Morgan fingerprint density at radius 3 is 2.96 bits per heavy atom. The number of pyridine rings is 1. The van der Waals surface area contributed by atoms with E-state index in [-0.39, 0.29) is 12.0 Å². The first kappa shape index (κ1) is 15.7. The molecule has 3 heterocycles. The Kier molecular flexibility index (Phi) is 4.71. The van der Waals surface area contributed by atoms with Crippen LogP contribution >= 0.6 is 0 Å². The first-order chi connectivity index (χ1) is 11.1. The van der Waals surface area contributed by atoms with Gasteiger partial charge in [0.05, 0.1) is 18.8 Å². The number of carbonyl (C=O) groups is 1. The minimum Gasteiger partial charge on any atom is -0.370 e. The molecule has 1 atom stereocenters. The van der Waals surface area contributed by atoms with Crippen molar-refractivity contribution < 1.29 is 9.53 Å². The molecule has 0 aliphatic carbocycles. The van der Waals surface area contributed by atoms with Gasteiger partial charge in [-0.25, -0.2) is 0 Å². The monoisotopic (exact) mass is 314 g/mol. The van der Waals surface area contributed by atoms with Gasteiger partial charge >= 0.3 is 0 Å². The van der Waals surface area contributed by atoms with Gasteiger partial charge in [-0.05, 0) is 37.6 Å². The lowest BCUT2D eigenvalue weighted by Gasteiger charge is -2.33. The summed E-state index contributed by atoms with van der Waals surface area (Å²) >= 11 is 0. The maximum atomic E-state index is 12.4. The molecule has 1 aliphatic heterocycles. The standard InChI is InChI=1S/C17H22N4O2/c1-13-4-7-21(19-13)8-5-17(22)20-9-10-23-16(12-20)15-3-6-18-14(2)11-15/h3-4,6-7,11,16H,5,8-10,12H2,1-2H3/t16-/m0/s1. The molecule has 0 spiro atoms. The van der Waals surface area contributed by atoms with E-state index in [1.54, 1.807) is 6.20 Å². The molecule has 0 saturated carbocycles. The molecule has 1 amide bonds. The fraction of sp³-hybridized carbons (Fsp3) is 0.471. The summed E-state index contributed by atoms with van der Waals surface area (Å²) in [5, 5.41) is 4.31. The zero-order chi connectivity index (χ0) is 16.2. The van der Waals surface area contributed by atoms with Gasteiger partial charge in [-0.3, -0.25) is 14.5 Å². The van der Waals surface area contributed by atoms with Gasteiger partial charge in [0.2, 0.25) is 5.91 Å².